The summed E-state index contributed by atoms with van der Waals surface area (Å²) in [5.74, 6) is -1.32. The molecule has 3 aromatic rings. The van der Waals surface area contributed by atoms with E-state index in [4.69, 9.17) is 16.3 Å². The number of ketones is 1. The van der Waals surface area contributed by atoms with Gasteiger partial charge in [-0.05, 0) is 67.8 Å². The predicted molar refractivity (Wildman–Crippen MR) is 153 cm³/mol. The summed E-state index contributed by atoms with van der Waals surface area (Å²) in [6, 6.07) is 17.8. The molecule has 0 aliphatic carbocycles. The number of fused-ring (bicyclic) bond motifs is 7. The van der Waals surface area contributed by atoms with E-state index in [0.717, 1.165) is 12.0 Å². The number of ether oxygens (including phenoxy) is 1. The van der Waals surface area contributed by atoms with Gasteiger partial charge in [-0.15, -0.1) is 0 Å². The molecule has 0 aromatic heterocycles. The third-order valence-electron chi connectivity index (χ3n) is 9.16. The average Bonchev–Trinajstić information content (AvgIpc) is 3.66. The first-order valence-electron chi connectivity index (χ1n) is 13.5. The second-order valence-electron chi connectivity index (χ2n) is 11.0. The molecule has 0 bridgehead atoms. The number of rotatable bonds is 5. The fraction of sp³-hybridized carbons (Fsp3) is 0.281. The van der Waals surface area contributed by atoms with Gasteiger partial charge in [0.15, 0.2) is 5.78 Å². The molecule has 4 atom stereocenters. The Hall–Kier alpha value is -3.94. The summed E-state index contributed by atoms with van der Waals surface area (Å²) in [5.41, 5.74) is 0.752. The van der Waals surface area contributed by atoms with Gasteiger partial charge in [0.1, 0.15) is 23.3 Å². The van der Waals surface area contributed by atoms with Crippen LogP contribution in [0.2, 0.25) is 5.02 Å². The monoisotopic (exact) mass is 553 g/mol. The maximum absolute atomic E-state index is 14.9. The molecule has 8 heteroatoms. The van der Waals surface area contributed by atoms with Crippen molar-refractivity contribution in [2.24, 2.45) is 5.92 Å². The van der Waals surface area contributed by atoms with Crippen molar-refractivity contribution in [2.45, 2.75) is 36.8 Å². The van der Waals surface area contributed by atoms with Crippen molar-refractivity contribution in [3.05, 3.63) is 101 Å². The van der Waals surface area contributed by atoms with Gasteiger partial charge in [-0.2, -0.15) is 0 Å². The quantitative estimate of drug-likeness (QED) is 0.334. The summed E-state index contributed by atoms with van der Waals surface area (Å²) >= 11 is 6.63. The van der Waals surface area contributed by atoms with Crippen LogP contribution in [0.15, 0.2) is 73.3 Å². The molecule has 202 valence electrons. The van der Waals surface area contributed by atoms with Gasteiger partial charge in [-0.25, -0.2) is 0 Å². The number of aryl methyl sites for hydroxylation is 1. The average molecular weight is 554 g/mol. The minimum Gasteiger partial charge on any atom is -0.489 e. The smallest absolute Gasteiger partial charge is 0.251 e. The molecule has 7 nitrogen and oxygen atoms in total. The lowest BCUT2D eigenvalue weighted by Crippen LogP contribution is -2.62. The molecule has 0 saturated carbocycles. The van der Waals surface area contributed by atoms with Crippen LogP contribution >= 0.6 is 11.6 Å². The molecule has 0 radical (unpaired) electrons. The summed E-state index contributed by atoms with van der Waals surface area (Å²) in [6.07, 6.45) is 3.10. The third kappa shape index (κ3) is 2.91. The zero-order valence-corrected chi connectivity index (χ0v) is 22.8. The summed E-state index contributed by atoms with van der Waals surface area (Å²) < 4.78 is 5.90. The molecule has 0 unspecified atom stereocenters. The maximum Gasteiger partial charge on any atom is 0.251 e. The van der Waals surface area contributed by atoms with Gasteiger partial charge in [-0.1, -0.05) is 54.6 Å². The predicted octanol–water partition coefficient (Wildman–Crippen LogP) is 5.23. The van der Waals surface area contributed by atoms with Gasteiger partial charge < -0.3 is 15.4 Å². The number of anilines is 2. The summed E-state index contributed by atoms with van der Waals surface area (Å²) in [5, 5.41) is 6.65. The standard InChI is InChI=1S/C32H28ClN3O4/c1-3-15-40-25-13-7-4-9-20(25)28(37)26-24-12-8-14-36(24)32(22-17-19(33)16-18(2)27(22)35-30(32)39)31(26)21-10-5-6-11-23(21)34-29(31)38/h3-7,9-11,13,16-17,24,26H,1,8,12,14-15H2,2H3,(H,34,38)(H,35,39)/t24-,26+,31+,32-/m1/s1. The minimum atomic E-state index is -1.54. The first-order valence-corrected chi connectivity index (χ1v) is 13.9. The van der Waals surface area contributed by atoms with Gasteiger partial charge in [0.05, 0.1) is 11.5 Å². The van der Waals surface area contributed by atoms with Crippen LogP contribution < -0.4 is 15.4 Å². The van der Waals surface area contributed by atoms with E-state index >= 15 is 0 Å². The van der Waals surface area contributed by atoms with Crippen LogP contribution in [0.5, 0.6) is 5.75 Å². The van der Waals surface area contributed by atoms with Gasteiger partial charge in [0.2, 0.25) is 5.91 Å². The topological polar surface area (TPSA) is 87.7 Å². The first kappa shape index (κ1) is 25.1. The lowest BCUT2D eigenvalue weighted by Gasteiger charge is -2.43. The fourth-order valence-electron chi connectivity index (χ4n) is 7.92. The molecule has 4 aliphatic rings. The molecular formula is C32H28ClN3O4. The highest BCUT2D eigenvalue weighted by atomic mass is 35.5. The summed E-state index contributed by atoms with van der Waals surface area (Å²) in [4.78, 5) is 46.2. The van der Waals surface area contributed by atoms with Gasteiger partial charge in [-0.3, -0.25) is 19.3 Å². The molecular weight excluding hydrogens is 526 g/mol. The highest BCUT2D eigenvalue weighted by Gasteiger charge is 2.81. The Morgan fingerprint density at radius 2 is 1.88 bits per heavy atom. The van der Waals surface area contributed by atoms with Crippen LogP contribution in [0.3, 0.4) is 0 Å². The van der Waals surface area contributed by atoms with Crippen molar-refractivity contribution >= 4 is 40.6 Å². The Balaban J connectivity index is 1.57. The number of benzene rings is 3. The lowest BCUT2D eigenvalue weighted by atomic mass is 9.57. The van der Waals surface area contributed by atoms with E-state index in [-0.39, 0.29) is 30.2 Å². The lowest BCUT2D eigenvalue weighted by molar-refractivity contribution is -0.137. The second kappa shape index (κ2) is 8.78. The van der Waals surface area contributed by atoms with Crippen LogP contribution in [0.25, 0.3) is 0 Å². The fourth-order valence-corrected chi connectivity index (χ4v) is 8.20. The number of hydrogen-bond acceptors (Lipinski definition) is 5. The molecule has 40 heavy (non-hydrogen) atoms. The van der Waals surface area contributed by atoms with Crippen molar-refractivity contribution in [3.63, 3.8) is 0 Å². The number of nitrogens with one attached hydrogen (secondary N) is 2. The van der Waals surface area contributed by atoms with Crippen molar-refractivity contribution in [3.8, 4) is 5.75 Å². The number of nitrogens with zero attached hydrogens (tertiary/aromatic N) is 1. The van der Waals surface area contributed by atoms with E-state index in [1.807, 2.05) is 37.3 Å². The zero-order valence-electron chi connectivity index (χ0n) is 22.0. The minimum absolute atomic E-state index is 0.222. The largest absolute Gasteiger partial charge is 0.489 e. The number of amides is 2. The van der Waals surface area contributed by atoms with Crippen LogP contribution in [0, 0.1) is 12.8 Å². The molecule has 2 N–H and O–H groups in total. The van der Waals surface area contributed by atoms with Crippen molar-refractivity contribution < 1.29 is 19.1 Å². The summed E-state index contributed by atoms with van der Waals surface area (Å²) in [6.45, 7) is 6.43. The van der Waals surface area contributed by atoms with Crippen molar-refractivity contribution in [1.82, 2.24) is 4.90 Å². The van der Waals surface area contributed by atoms with Gasteiger partial charge in [0.25, 0.3) is 5.91 Å². The van der Waals surface area contributed by atoms with E-state index in [1.165, 1.54) is 0 Å². The van der Waals surface area contributed by atoms with Crippen molar-refractivity contribution in [2.75, 3.05) is 23.8 Å². The molecule has 3 aromatic carbocycles. The Morgan fingerprint density at radius 1 is 1.10 bits per heavy atom. The number of carbonyl (C=O) groups excluding carboxylic acids is 3. The first-order chi connectivity index (χ1) is 19.4. The molecule has 4 aliphatic heterocycles. The van der Waals surface area contributed by atoms with Crippen LogP contribution in [-0.2, 0) is 20.5 Å². The molecule has 2 spiro atoms. The summed E-state index contributed by atoms with van der Waals surface area (Å²) in [7, 11) is 0. The van der Waals surface area contributed by atoms with Crippen LogP contribution in [0.4, 0.5) is 11.4 Å². The molecule has 7 rings (SSSR count). The van der Waals surface area contributed by atoms with Gasteiger partial charge in [0, 0.05) is 28.0 Å². The number of hydrogen-bond donors (Lipinski definition) is 2. The Bertz CT molecular complexity index is 1640. The van der Waals surface area contributed by atoms with E-state index < -0.39 is 16.9 Å². The van der Waals surface area contributed by atoms with E-state index in [9.17, 15) is 14.4 Å². The zero-order chi connectivity index (χ0) is 27.8. The maximum atomic E-state index is 14.9. The second-order valence-corrected chi connectivity index (χ2v) is 11.4. The number of carbonyl (C=O) groups is 3. The molecule has 2 amide bonds. The Labute approximate surface area is 237 Å². The normalized spacial score (nSPS) is 27.9. The molecule has 2 fully saturated rings. The third-order valence-corrected chi connectivity index (χ3v) is 9.38. The number of para-hydroxylation sites is 2. The van der Waals surface area contributed by atoms with Gasteiger partial charge >= 0.3 is 0 Å². The highest BCUT2D eigenvalue weighted by molar-refractivity contribution is 6.31. The van der Waals surface area contributed by atoms with E-state index in [2.05, 4.69) is 22.1 Å². The number of Topliss-reactive ketones (excluding diaryl/α,β-unsaturated/α-hetero) is 1. The number of halogens is 1. The van der Waals surface area contributed by atoms with Crippen LogP contribution in [-0.4, -0.2) is 41.7 Å². The SMILES string of the molecule is C=CCOc1ccccc1C(=O)[C@@H]1[C@H]2CCCN2[C@]2(C(=O)Nc3c(C)cc(Cl)cc32)[C@]12C(=O)Nc1ccccc12. The Kier molecular flexibility index (Phi) is 5.50. The Morgan fingerprint density at radius 3 is 2.70 bits per heavy atom. The highest BCUT2D eigenvalue weighted by Crippen LogP contribution is 2.68. The molecule has 2 saturated heterocycles. The van der Waals surface area contributed by atoms with E-state index in [1.54, 1.807) is 36.4 Å². The molecule has 4 heterocycles. The van der Waals surface area contributed by atoms with E-state index in [0.29, 0.717) is 51.8 Å². The van der Waals surface area contributed by atoms with Crippen molar-refractivity contribution in [1.29, 1.82) is 0 Å². The van der Waals surface area contributed by atoms with Crippen LogP contribution in [0.1, 0.15) is 39.9 Å².